The first-order valence-electron chi connectivity index (χ1n) is 8.35. The Kier molecular flexibility index (Phi) is 2.77. The number of carbonyl (C=O) groups excluding carboxylic acids is 1. The van der Waals surface area contributed by atoms with E-state index >= 15 is 0 Å². The van der Waals surface area contributed by atoms with Crippen LogP contribution in [-0.4, -0.2) is 17.6 Å². The van der Waals surface area contributed by atoms with Crippen LogP contribution in [0.1, 0.15) is 38.5 Å². The summed E-state index contributed by atoms with van der Waals surface area (Å²) in [5, 5.41) is 0. The van der Waals surface area contributed by atoms with Crippen molar-refractivity contribution in [2.45, 2.75) is 43.4 Å². The largest absolute Gasteiger partial charge is 0.454 e. The fourth-order valence-electron chi connectivity index (χ4n) is 5.55. The summed E-state index contributed by atoms with van der Waals surface area (Å²) in [6.45, 7) is 0.217. The number of hydrogen-bond acceptors (Lipinski definition) is 4. The Morgan fingerprint density at radius 3 is 2.61 bits per heavy atom. The first kappa shape index (κ1) is 14.0. The van der Waals surface area contributed by atoms with E-state index < -0.39 is 0 Å². The molecular formula is C18H19ClO4. The first-order valence-corrected chi connectivity index (χ1v) is 8.72. The van der Waals surface area contributed by atoms with Crippen molar-refractivity contribution in [1.82, 2.24) is 0 Å². The predicted octanol–water partition coefficient (Wildman–Crippen LogP) is 3.90. The Morgan fingerprint density at radius 2 is 1.87 bits per heavy atom. The van der Waals surface area contributed by atoms with Gasteiger partial charge in [0, 0.05) is 10.9 Å². The number of rotatable bonds is 2. The fourth-order valence-corrected chi connectivity index (χ4v) is 6.24. The molecule has 1 heterocycles. The van der Waals surface area contributed by atoms with Crippen LogP contribution in [-0.2, 0) is 4.79 Å². The maximum absolute atomic E-state index is 13.0. The smallest absolute Gasteiger partial charge is 0.317 e. The molecule has 0 aromatic heterocycles. The number of halogens is 1. The van der Waals surface area contributed by atoms with Crippen molar-refractivity contribution in [3.05, 3.63) is 18.2 Å². The number of esters is 1. The van der Waals surface area contributed by atoms with Crippen molar-refractivity contribution in [3.63, 3.8) is 0 Å². The van der Waals surface area contributed by atoms with Gasteiger partial charge >= 0.3 is 5.97 Å². The molecule has 1 aromatic rings. The second-order valence-electron chi connectivity index (χ2n) is 7.80. The van der Waals surface area contributed by atoms with Gasteiger partial charge in [-0.25, -0.2) is 0 Å². The van der Waals surface area contributed by atoms with E-state index in [9.17, 15) is 4.79 Å². The average molecular weight is 335 g/mol. The molecule has 1 aliphatic heterocycles. The highest BCUT2D eigenvalue weighted by Gasteiger charge is 2.60. The van der Waals surface area contributed by atoms with Gasteiger partial charge in [-0.3, -0.25) is 4.79 Å². The molecule has 0 N–H and O–H groups in total. The van der Waals surface area contributed by atoms with Gasteiger partial charge in [-0.15, -0.1) is 11.6 Å². The summed E-state index contributed by atoms with van der Waals surface area (Å²) in [4.78, 5) is 12.8. The minimum Gasteiger partial charge on any atom is -0.454 e. The zero-order valence-electron chi connectivity index (χ0n) is 12.8. The summed E-state index contributed by atoms with van der Waals surface area (Å²) in [6.07, 6.45) is 5.97. The molecule has 0 spiro atoms. The molecule has 122 valence electrons. The molecule has 4 saturated carbocycles. The molecule has 0 radical (unpaired) electrons. The Morgan fingerprint density at radius 1 is 1.13 bits per heavy atom. The monoisotopic (exact) mass is 334 g/mol. The molecule has 4 bridgehead atoms. The van der Waals surface area contributed by atoms with Crippen LogP contribution >= 0.6 is 11.6 Å². The first-order chi connectivity index (χ1) is 11.0. The van der Waals surface area contributed by atoms with E-state index in [1.165, 1.54) is 6.42 Å². The third kappa shape index (κ3) is 2.14. The van der Waals surface area contributed by atoms with Crippen LogP contribution < -0.4 is 14.2 Å². The van der Waals surface area contributed by atoms with Crippen LogP contribution in [0.4, 0.5) is 0 Å². The van der Waals surface area contributed by atoms with E-state index in [1.807, 2.05) is 0 Å². The summed E-state index contributed by atoms with van der Waals surface area (Å²) in [5.41, 5.74) is -0.387. The van der Waals surface area contributed by atoms with Gasteiger partial charge in [-0.2, -0.15) is 0 Å². The second kappa shape index (κ2) is 4.56. The molecule has 0 saturated heterocycles. The minimum absolute atomic E-state index is 0.115. The third-order valence-electron chi connectivity index (χ3n) is 5.98. The number of benzene rings is 1. The summed E-state index contributed by atoms with van der Waals surface area (Å²) in [5.74, 6) is 2.90. The topological polar surface area (TPSA) is 44.8 Å². The molecule has 0 amide bonds. The van der Waals surface area contributed by atoms with Crippen LogP contribution in [0.5, 0.6) is 17.2 Å². The quantitative estimate of drug-likeness (QED) is 0.467. The standard InChI is InChI=1S/C18H19ClO4/c19-18-7-11-3-12(8-18)6-17(5-11,9-18)16(20)23-13-1-2-14-15(4-13)22-10-21-14/h1-2,4,11-12H,3,5-10H2/t11-,12+,17?,18?. The highest BCUT2D eigenvalue weighted by Crippen LogP contribution is 2.64. The van der Waals surface area contributed by atoms with E-state index in [-0.39, 0.29) is 23.1 Å². The predicted molar refractivity (Wildman–Crippen MR) is 83.9 cm³/mol. The Labute approximate surface area is 140 Å². The van der Waals surface area contributed by atoms with Crippen LogP contribution in [0, 0.1) is 17.3 Å². The third-order valence-corrected chi connectivity index (χ3v) is 6.42. The normalized spacial score (nSPS) is 39.5. The average Bonchev–Trinajstić information content (AvgIpc) is 2.92. The molecule has 4 fully saturated rings. The lowest BCUT2D eigenvalue weighted by Crippen LogP contribution is -2.56. The summed E-state index contributed by atoms with van der Waals surface area (Å²) < 4.78 is 16.4. The van der Waals surface area contributed by atoms with E-state index in [4.69, 9.17) is 25.8 Å². The van der Waals surface area contributed by atoms with Crippen molar-refractivity contribution in [3.8, 4) is 17.2 Å². The van der Waals surface area contributed by atoms with Gasteiger partial charge in [-0.1, -0.05) is 0 Å². The lowest BCUT2D eigenvalue weighted by Gasteiger charge is -2.58. The van der Waals surface area contributed by atoms with Gasteiger partial charge in [0.1, 0.15) is 5.75 Å². The summed E-state index contributed by atoms with van der Waals surface area (Å²) in [7, 11) is 0. The zero-order valence-corrected chi connectivity index (χ0v) is 13.6. The molecule has 5 aliphatic rings. The Bertz CT molecular complexity index is 672. The molecule has 4 nitrogen and oxygen atoms in total. The molecule has 4 atom stereocenters. The molecule has 1 aromatic carbocycles. The SMILES string of the molecule is O=C(Oc1ccc2c(c1)OCO2)C12C[C@@H]3C[C@@H](CC(Cl)(C3)C1)C2. The molecule has 2 unspecified atom stereocenters. The molecular weight excluding hydrogens is 316 g/mol. The van der Waals surface area contributed by atoms with E-state index in [0.717, 1.165) is 32.1 Å². The van der Waals surface area contributed by atoms with Gasteiger partial charge < -0.3 is 14.2 Å². The summed E-state index contributed by atoms with van der Waals surface area (Å²) >= 11 is 6.80. The Hall–Kier alpha value is -1.42. The number of hydrogen-bond donors (Lipinski definition) is 0. The highest BCUT2D eigenvalue weighted by molar-refractivity contribution is 6.24. The molecule has 6 rings (SSSR count). The van der Waals surface area contributed by atoms with E-state index in [0.29, 0.717) is 29.1 Å². The molecule has 5 heteroatoms. The van der Waals surface area contributed by atoms with Crippen molar-refractivity contribution in [1.29, 1.82) is 0 Å². The number of fused-ring (bicyclic) bond motifs is 1. The maximum atomic E-state index is 13.0. The number of carbonyl (C=O) groups is 1. The fraction of sp³-hybridized carbons (Fsp3) is 0.611. The van der Waals surface area contributed by atoms with Crippen LogP contribution in [0.15, 0.2) is 18.2 Å². The zero-order chi connectivity index (χ0) is 15.7. The Balaban J connectivity index is 1.40. The highest BCUT2D eigenvalue weighted by atomic mass is 35.5. The van der Waals surface area contributed by atoms with Crippen molar-refractivity contribution < 1.29 is 19.0 Å². The maximum Gasteiger partial charge on any atom is 0.317 e. The molecule has 4 aliphatic carbocycles. The number of ether oxygens (including phenoxy) is 3. The number of alkyl halides is 1. The van der Waals surface area contributed by atoms with Crippen LogP contribution in [0.3, 0.4) is 0 Å². The van der Waals surface area contributed by atoms with Crippen LogP contribution in [0.25, 0.3) is 0 Å². The second-order valence-corrected chi connectivity index (χ2v) is 8.60. The molecule has 23 heavy (non-hydrogen) atoms. The summed E-state index contributed by atoms with van der Waals surface area (Å²) in [6, 6.07) is 5.28. The van der Waals surface area contributed by atoms with E-state index in [2.05, 4.69) is 0 Å². The van der Waals surface area contributed by atoms with E-state index in [1.54, 1.807) is 18.2 Å². The van der Waals surface area contributed by atoms with Gasteiger partial charge in [0.25, 0.3) is 0 Å². The van der Waals surface area contributed by atoms with Gasteiger partial charge in [-0.05, 0) is 62.5 Å². The van der Waals surface area contributed by atoms with Gasteiger partial charge in [0.2, 0.25) is 6.79 Å². The minimum atomic E-state index is -0.387. The van der Waals surface area contributed by atoms with Crippen LogP contribution in [0.2, 0.25) is 0 Å². The van der Waals surface area contributed by atoms with Gasteiger partial charge in [0.15, 0.2) is 11.5 Å². The van der Waals surface area contributed by atoms with Crippen molar-refractivity contribution in [2.75, 3.05) is 6.79 Å². The lowest BCUT2D eigenvalue weighted by atomic mass is 9.49. The van der Waals surface area contributed by atoms with Crippen molar-refractivity contribution >= 4 is 17.6 Å². The van der Waals surface area contributed by atoms with Gasteiger partial charge in [0.05, 0.1) is 5.41 Å². The van der Waals surface area contributed by atoms with Crippen molar-refractivity contribution in [2.24, 2.45) is 17.3 Å². The lowest BCUT2D eigenvalue weighted by molar-refractivity contribution is -0.160.